The summed E-state index contributed by atoms with van der Waals surface area (Å²) in [7, 11) is 4.22. The molecule has 0 radical (unpaired) electrons. The number of hydrogen-bond acceptors (Lipinski definition) is 11. The van der Waals surface area contributed by atoms with Crippen LogP contribution in [0.25, 0.3) is 0 Å². The largest absolute Gasteiger partial charge is 0.463 e. The van der Waals surface area contributed by atoms with Crippen LogP contribution in [0.1, 0.15) is 0 Å². The molecule has 1 rings (SSSR count). The predicted octanol–water partition coefficient (Wildman–Crippen LogP) is -2.47. The first-order chi connectivity index (χ1) is 12.0. The van der Waals surface area contributed by atoms with E-state index >= 15 is 0 Å². The molecule has 0 aromatic carbocycles. The van der Waals surface area contributed by atoms with Gasteiger partial charge in [0.15, 0.2) is 5.84 Å². The summed E-state index contributed by atoms with van der Waals surface area (Å²) in [5.74, 6) is -1.24. The average Bonchev–Trinajstić information content (AvgIpc) is 2.62. The Morgan fingerprint density at radius 2 is 1.68 bits per heavy atom. The van der Waals surface area contributed by atoms with Gasteiger partial charge in [0.05, 0.1) is 7.11 Å². The van der Waals surface area contributed by atoms with Crippen LogP contribution in [-0.2, 0) is 19.1 Å². The molecular weight excluding hydrogens is 372 g/mol. The number of nitrogens with zero attached hydrogens (tertiary/aromatic N) is 2. The van der Waals surface area contributed by atoms with Crippen molar-refractivity contribution >= 4 is 56.9 Å². The summed E-state index contributed by atoms with van der Waals surface area (Å²) in [6.45, 7) is 0.792. The number of amides is 2. The van der Waals surface area contributed by atoms with E-state index < -0.39 is 23.6 Å². The van der Waals surface area contributed by atoms with Gasteiger partial charge in [-0.05, 0) is 0 Å². The third-order valence-electron chi connectivity index (χ3n) is 2.41. The molecule has 0 spiro atoms. The quantitative estimate of drug-likeness (QED) is 0.0816. The number of hydrazone groups is 2. The maximum atomic E-state index is 11.8. The van der Waals surface area contributed by atoms with Crippen molar-refractivity contribution in [1.29, 1.82) is 5.41 Å². The van der Waals surface area contributed by atoms with Crippen LogP contribution in [0.15, 0.2) is 10.2 Å². The monoisotopic (exact) mass is 390 g/mol. The van der Waals surface area contributed by atoms with Gasteiger partial charge < -0.3 is 21.1 Å². The van der Waals surface area contributed by atoms with Crippen LogP contribution in [0.4, 0.5) is 0 Å². The Balaban J connectivity index is 2.08. The molecule has 2 amide bonds. The van der Waals surface area contributed by atoms with Gasteiger partial charge >= 0.3 is 5.97 Å². The predicted molar refractivity (Wildman–Crippen MR) is 96.0 cm³/mol. The second-order valence-electron chi connectivity index (χ2n) is 4.21. The zero-order chi connectivity index (χ0) is 18.7. The highest BCUT2D eigenvalue weighted by Gasteiger charge is 2.19. The zero-order valence-corrected chi connectivity index (χ0v) is 14.9. The van der Waals surface area contributed by atoms with Gasteiger partial charge in [-0.2, -0.15) is 0 Å². The number of carbonyl (C=O) groups excluding carboxylic acids is 3. The minimum absolute atomic E-state index is 0.0720. The number of nitrogens with one attached hydrogen (secondary N) is 5. The fraction of sp³-hybridized carbons (Fsp3) is 0.455. The molecule has 0 fully saturated rings. The number of esters is 1. The maximum Gasteiger partial charge on any atom is 0.377 e. The van der Waals surface area contributed by atoms with Crippen molar-refractivity contribution < 1.29 is 19.1 Å². The first-order valence-corrected chi connectivity index (χ1v) is 9.35. The standard InChI is InChI=1S/C11H18N8O4S2/c1-23-11(22)8-18-16-7(17-19-8)10(21)15-3-5-25-24-4-2-14-9(20)6(12)13/h2-5H2,1H3,(H3,12,13)(H,14,20)(H,15,21)(H,16,17)(H,18,19). The van der Waals surface area contributed by atoms with Gasteiger partial charge in [0.2, 0.25) is 5.84 Å². The molecule has 1 aliphatic heterocycles. The summed E-state index contributed by atoms with van der Waals surface area (Å²) in [6.07, 6.45) is 0. The summed E-state index contributed by atoms with van der Waals surface area (Å²) in [5.41, 5.74) is 9.67. The Labute approximate surface area is 151 Å². The SMILES string of the molecule is COC(=O)C1=NNC(C(=O)NCCSSCCNC(=O)C(=N)N)=NN1. The van der Waals surface area contributed by atoms with Crippen molar-refractivity contribution in [3.8, 4) is 0 Å². The summed E-state index contributed by atoms with van der Waals surface area (Å²) in [6, 6.07) is 0. The normalized spacial score (nSPS) is 12.7. The molecule has 14 heteroatoms. The maximum absolute atomic E-state index is 11.8. The van der Waals surface area contributed by atoms with Crippen LogP contribution in [0.5, 0.6) is 0 Å². The van der Waals surface area contributed by atoms with Crippen molar-refractivity contribution in [2.24, 2.45) is 15.9 Å². The number of carbonyl (C=O) groups is 3. The summed E-state index contributed by atoms with van der Waals surface area (Å²) in [4.78, 5) is 34.0. The Bertz CT molecular complexity index is 595. The third kappa shape index (κ3) is 7.75. The van der Waals surface area contributed by atoms with E-state index in [1.807, 2.05) is 0 Å². The Morgan fingerprint density at radius 1 is 1.12 bits per heavy atom. The van der Waals surface area contributed by atoms with E-state index in [4.69, 9.17) is 11.1 Å². The topological polar surface area (TPSA) is 183 Å². The molecule has 0 bridgehead atoms. The Hall–Kier alpha value is -2.48. The molecule has 7 N–H and O–H groups in total. The van der Waals surface area contributed by atoms with Crippen LogP contribution < -0.4 is 27.2 Å². The Morgan fingerprint density at radius 3 is 2.20 bits per heavy atom. The van der Waals surface area contributed by atoms with E-state index in [9.17, 15) is 14.4 Å². The second kappa shape index (κ2) is 11.1. The van der Waals surface area contributed by atoms with Crippen molar-refractivity contribution in [3.05, 3.63) is 0 Å². The smallest absolute Gasteiger partial charge is 0.377 e. The van der Waals surface area contributed by atoms with Gasteiger partial charge in [-0.3, -0.25) is 25.8 Å². The molecule has 12 nitrogen and oxygen atoms in total. The fourth-order valence-corrected chi connectivity index (χ4v) is 3.08. The van der Waals surface area contributed by atoms with Crippen molar-refractivity contribution in [3.63, 3.8) is 0 Å². The van der Waals surface area contributed by atoms with Crippen LogP contribution in [0, 0.1) is 5.41 Å². The van der Waals surface area contributed by atoms with Crippen LogP contribution in [-0.4, -0.2) is 67.0 Å². The van der Waals surface area contributed by atoms with Crippen LogP contribution >= 0.6 is 21.6 Å². The first-order valence-electron chi connectivity index (χ1n) is 6.86. The number of methoxy groups -OCH3 is 1. The van der Waals surface area contributed by atoms with Gasteiger partial charge in [0.25, 0.3) is 17.6 Å². The molecule has 0 aliphatic carbocycles. The molecule has 0 aromatic heterocycles. The highest BCUT2D eigenvalue weighted by atomic mass is 33.1. The van der Waals surface area contributed by atoms with Gasteiger partial charge in [-0.15, -0.1) is 10.2 Å². The van der Waals surface area contributed by atoms with E-state index in [-0.39, 0.29) is 11.7 Å². The molecule has 0 saturated carbocycles. The molecule has 1 aliphatic rings. The minimum Gasteiger partial charge on any atom is -0.463 e. The van der Waals surface area contributed by atoms with Crippen LogP contribution in [0.2, 0.25) is 0 Å². The van der Waals surface area contributed by atoms with Gasteiger partial charge in [0, 0.05) is 24.6 Å². The number of ether oxygens (including phenoxy) is 1. The highest BCUT2D eigenvalue weighted by molar-refractivity contribution is 8.76. The molecule has 0 aromatic rings. The lowest BCUT2D eigenvalue weighted by molar-refractivity contribution is -0.133. The van der Waals surface area contributed by atoms with Gasteiger partial charge in [-0.1, -0.05) is 21.6 Å². The Kier molecular flexibility index (Phi) is 9.16. The van der Waals surface area contributed by atoms with Crippen LogP contribution in [0.3, 0.4) is 0 Å². The van der Waals surface area contributed by atoms with E-state index in [1.165, 1.54) is 28.7 Å². The third-order valence-corrected chi connectivity index (χ3v) is 4.82. The molecule has 0 atom stereocenters. The summed E-state index contributed by atoms with van der Waals surface area (Å²) >= 11 is 0. The lowest BCUT2D eigenvalue weighted by atomic mass is 10.5. The van der Waals surface area contributed by atoms with Crippen molar-refractivity contribution in [2.75, 3.05) is 31.7 Å². The molecule has 138 valence electrons. The number of nitrogens with two attached hydrogens (primary N) is 1. The number of amidine groups is 3. The minimum atomic E-state index is -0.705. The van der Waals surface area contributed by atoms with E-state index in [1.54, 1.807) is 0 Å². The van der Waals surface area contributed by atoms with E-state index in [0.717, 1.165) is 0 Å². The average molecular weight is 390 g/mol. The highest BCUT2D eigenvalue weighted by Crippen LogP contribution is 2.19. The van der Waals surface area contributed by atoms with Crippen molar-refractivity contribution in [2.45, 2.75) is 0 Å². The lowest BCUT2D eigenvalue weighted by Gasteiger charge is -2.13. The molecular formula is C11H18N8O4S2. The van der Waals surface area contributed by atoms with Gasteiger partial charge in [-0.25, -0.2) is 4.79 Å². The fourth-order valence-electron chi connectivity index (χ4n) is 1.27. The lowest BCUT2D eigenvalue weighted by Crippen LogP contribution is -2.46. The zero-order valence-electron chi connectivity index (χ0n) is 13.2. The number of hydrogen-bond donors (Lipinski definition) is 6. The first kappa shape index (κ1) is 20.6. The van der Waals surface area contributed by atoms with Crippen molar-refractivity contribution in [1.82, 2.24) is 21.5 Å². The molecule has 25 heavy (non-hydrogen) atoms. The summed E-state index contributed by atoms with van der Waals surface area (Å²) in [5, 5.41) is 19.3. The second-order valence-corrected chi connectivity index (χ2v) is 6.91. The molecule has 0 saturated heterocycles. The molecule has 0 unspecified atom stereocenters. The molecule has 1 heterocycles. The van der Waals surface area contributed by atoms with E-state index in [0.29, 0.717) is 24.6 Å². The van der Waals surface area contributed by atoms with E-state index in [2.05, 4.69) is 36.4 Å². The number of rotatable bonds is 9. The van der Waals surface area contributed by atoms with Gasteiger partial charge in [0.1, 0.15) is 0 Å². The summed E-state index contributed by atoms with van der Waals surface area (Å²) < 4.78 is 4.44.